The van der Waals surface area contributed by atoms with E-state index in [1.807, 2.05) is 24.3 Å². The predicted molar refractivity (Wildman–Crippen MR) is 97.3 cm³/mol. The van der Waals surface area contributed by atoms with Crippen molar-refractivity contribution >= 4 is 11.9 Å². The fourth-order valence-electron chi connectivity index (χ4n) is 4.26. The summed E-state index contributed by atoms with van der Waals surface area (Å²) < 4.78 is 10.9. The minimum atomic E-state index is -0.957. The minimum Gasteiger partial charge on any atom is -0.497 e. The normalized spacial score (nSPS) is 29.9. The number of hydrogen-bond donors (Lipinski definition) is 1. The number of benzene rings is 1. The van der Waals surface area contributed by atoms with Gasteiger partial charge in [-0.3, -0.25) is 14.5 Å². The number of rotatable bonds is 5. The molecule has 4 rings (SSSR count). The quantitative estimate of drug-likeness (QED) is 0.777. The number of aliphatic carboxylic acids is 1. The van der Waals surface area contributed by atoms with Gasteiger partial charge in [0.1, 0.15) is 11.7 Å². The first-order chi connectivity index (χ1) is 13.1. The summed E-state index contributed by atoms with van der Waals surface area (Å²) in [6.45, 7) is 3.53. The van der Waals surface area contributed by atoms with Crippen molar-refractivity contribution in [2.75, 3.05) is 33.3 Å². The molecule has 0 aliphatic carbocycles. The molecule has 0 spiro atoms. The maximum absolute atomic E-state index is 13.0. The Kier molecular flexibility index (Phi) is 4.88. The van der Waals surface area contributed by atoms with Gasteiger partial charge in [-0.1, -0.05) is 24.3 Å². The molecule has 0 saturated carbocycles. The average Bonchev–Trinajstić information content (AvgIpc) is 3.29. The molecule has 4 atom stereocenters. The predicted octanol–water partition coefficient (Wildman–Crippen LogP) is 0.994. The fourth-order valence-corrected chi connectivity index (χ4v) is 4.26. The maximum Gasteiger partial charge on any atom is 0.310 e. The Morgan fingerprint density at radius 2 is 1.85 bits per heavy atom. The molecule has 0 aromatic heterocycles. The van der Waals surface area contributed by atoms with Gasteiger partial charge in [-0.25, -0.2) is 0 Å². The van der Waals surface area contributed by atoms with Crippen molar-refractivity contribution in [1.82, 2.24) is 9.80 Å². The van der Waals surface area contributed by atoms with Gasteiger partial charge in [-0.2, -0.15) is 0 Å². The Bertz CT molecular complexity index is 756. The number of ether oxygens (including phenoxy) is 2. The topological polar surface area (TPSA) is 79.3 Å². The number of fused-ring (bicyclic) bond motifs is 2. The molecule has 144 valence electrons. The standard InChI is InChI=1S/C20H24N2O5/c1-26-14-4-2-3-13(11-14)12-21-7-9-22(10-8-21)19(23)17-15-5-6-16(27-15)18(17)20(24)25/h2-6,11,15-18H,7-10,12H2,1H3,(H,24,25)/t15-,16-,17-,18-/m0/s1. The highest BCUT2D eigenvalue weighted by molar-refractivity contribution is 5.87. The third kappa shape index (κ3) is 3.44. The molecule has 1 aromatic rings. The van der Waals surface area contributed by atoms with E-state index in [9.17, 15) is 14.7 Å². The molecule has 0 unspecified atom stereocenters. The van der Waals surface area contributed by atoms with E-state index in [1.165, 1.54) is 5.56 Å². The fraction of sp³-hybridized carbons (Fsp3) is 0.500. The zero-order chi connectivity index (χ0) is 19.0. The molecule has 3 heterocycles. The van der Waals surface area contributed by atoms with Crippen LogP contribution in [-0.2, 0) is 20.9 Å². The number of methoxy groups -OCH3 is 1. The summed E-state index contributed by atoms with van der Waals surface area (Å²) in [6, 6.07) is 7.98. The molecule has 1 aromatic carbocycles. The summed E-state index contributed by atoms with van der Waals surface area (Å²) in [7, 11) is 1.66. The number of hydrogen-bond acceptors (Lipinski definition) is 5. The number of amides is 1. The largest absolute Gasteiger partial charge is 0.497 e. The van der Waals surface area contributed by atoms with E-state index in [4.69, 9.17) is 9.47 Å². The van der Waals surface area contributed by atoms with Crippen LogP contribution < -0.4 is 4.74 Å². The van der Waals surface area contributed by atoms with Crippen molar-refractivity contribution in [3.63, 3.8) is 0 Å². The Labute approximate surface area is 158 Å². The molecule has 7 nitrogen and oxygen atoms in total. The Morgan fingerprint density at radius 1 is 1.15 bits per heavy atom. The van der Waals surface area contributed by atoms with Crippen LogP contribution in [0.4, 0.5) is 0 Å². The summed E-state index contributed by atoms with van der Waals surface area (Å²) in [5.41, 5.74) is 1.17. The lowest BCUT2D eigenvalue weighted by atomic mass is 9.82. The zero-order valence-electron chi connectivity index (χ0n) is 15.3. The van der Waals surface area contributed by atoms with Gasteiger partial charge in [-0.15, -0.1) is 0 Å². The molecule has 1 amide bonds. The SMILES string of the molecule is COc1cccc(CN2CCN(C(=O)[C@@H]3[C@@H](C(=O)O)[C@@H]4C=C[C@@H]3O4)CC2)c1. The summed E-state index contributed by atoms with van der Waals surface area (Å²) >= 11 is 0. The first kappa shape index (κ1) is 18.0. The van der Waals surface area contributed by atoms with Crippen LogP contribution >= 0.6 is 0 Å². The highest BCUT2D eigenvalue weighted by Gasteiger charge is 2.54. The lowest BCUT2D eigenvalue weighted by Crippen LogP contribution is -2.52. The van der Waals surface area contributed by atoms with Gasteiger partial charge in [0.15, 0.2) is 0 Å². The van der Waals surface area contributed by atoms with Gasteiger partial charge in [0.2, 0.25) is 5.91 Å². The molecule has 2 bridgehead atoms. The van der Waals surface area contributed by atoms with Gasteiger partial charge in [0.25, 0.3) is 0 Å². The molecule has 1 N–H and O–H groups in total. The van der Waals surface area contributed by atoms with Crippen molar-refractivity contribution in [3.8, 4) is 5.75 Å². The summed E-state index contributed by atoms with van der Waals surface area (Å²) in [4.78, 5) is 28.6. The van der Waals surface area contributed by atoms with Gasteiger partial charge in [-0.05, 0) is 17.7 Å². The summed E-state index contributed by atoms with van der Waals surface area (Å²) in [6.07, 6.45) is 2.71. The van der Waals surface area contributed by atoms with E-state index in [-0.39, 0.29) is 5.91 Å². The van der Waals surface area contributed by atoms with Gasteiger partial charge in [0.05, 0.1) is 25.2 Å². The smallest absolute Gasteiger partial charge is 0.310 e. The minimum absolute atomic E-state index is 0.0970. The Hall–Kier alpha value is -2.38. The van der Waals surface area contributed by atoms with Crippen LogP contribution in [0.2, 0.25) is 0 Å². The highest BCUT2D eigenvalue weighted by atomic mass is 16.5. The van der Waals surface area contributed by atoms with Crippen molar-refractivity contribution in [3.05, 3.63) is 42.0 Å². The number of carbonyl (C=O) groups is 2. The average molecular weight is 372 g/mol. The molecular formula is C20H24N2O5. The van der Waals surface area contributed by atoms with E-state index in [0.717, 1.165) is 25.4 Å². The van der Waals surface area contributed by atoms with Crippen molar-refractivity contribution < 1.29 is 24.2 Å². The van der Waals surface area contributed by atoms with Gasteiger partial charge >= 0.3 is 5.97 Å². The van der Waals surface area contributed by atoms with E-state index >= 15 is 0 Å². The number of nitrogens with zero attached hydrogens (tertiary/aromatic N) is 2. The van der Waals surface area contributed by atoms with Crippen LogP contribution in [0.3, 0.4) is 0 Å². The number of piperazine rings is 1. The Morgan fingerprint density at radius 3 is 2.52 bits per heavy atom. The maximum atomic E-state index is 13.0. The van der Waals surface area contributed by atoms with Crippen LogP contribution in [0.25, 0.3) is 0 Å². The lowest BCUT2D eigenvalue weighted by Gasteiger charge is -2.37. The van der Waals surface area contributed by atoms with Crippen molar-refractivity contribution in [2.45, 2.75) is 18.8 Å². The molecule has 0 radical (unpaired) electrons. The highest BCUT2D eigenvalue weighted by Crippen LogP contribution is 2.40. The lowest BCUT2D eigenvalue weighted by molar-refractivity contribution is -0.150. The second kappa shape index (κ2) is 7.32. The van der Waals surface area contributed by atoms with E-state index in [1.54, 1.807) is 18.1 Å². The van der Waals surface area contributed by atoms with Gasteiger partial charge < -0.3 is 19.5 Å². The van der Waals surface area contributed by atoms with E-state index in [0.29, 0.717) is 13.1 Å². The molecule has 7 heteroatoms. The number of carboxylic acids is 1. The van der Waals surface area contributed by atoms with Gasteiger partial charge in [0, 0.05) is 32.7 Å². The van der Waals surface area contributed by atoms with Crippen LogP contribution in [0.1, 0.15) is 5.56 Å². The van der Waals surface area contributed by atoms with E-state index in [2.05, 4.69) is 11.0 Å². The second-order valence-corrected chi connectivity index (χ2v) is 7.29. The molecule has 2 saturated heterocycles. The first-order valence-corrected chi connectivity index (χ1v) is 9.27. The summed E-state index contributed by atoms with van der Waals surface area (Å²) in [5, 5.41) is 9.50. The zero-order valence-corrected chi connectivity index (χ0v) is 15.3. The van der Waals surface area contributed by atoms with E-state index < -0.39 is 30.0 Å². The number of carbonyl (C=O) groups excluding carboxylic acids is 1. The van der Waals surface area contributed by atoms with Crippen LogP contribution in [0.5, 0.6) is 5.75 Å². The molecule has 27 heavy (non-hydrogen) atoms. The van der Waals surface area contributed by atoms with Crippen LogP contribution in [0, 0.1) is 11.8 Å². The van der Waals surface area contributed by atoms with Crippen LogP contribution in [0.15, 0.2) is 36.4 Å². The molecular weight excluding hydrogens is 348 g/mol. The van der Waals surface area contributed by atoms with Crippen molar-refractivity contribution in [2.24, 2.45) is 11.8 Å². The Balaban J connectivity index is 1.35. The monoisotopic (exact) mass is 372 g/mol. The van der Waals surface area contributed by atoms with Crippen molar-refractivity contribution in [1.29, 1.82) is 0 Å². The summed E-state index contributed by atoms with van der Waals surface area (Å²) in [5.74, 6) is -1.60. The molecule has 2 fully saturated rings. The molecule has 3 aliphatic heterocycles. The first-order valence-electron chi connectivity index (χ1n) is 9.27. The second-order valence-electron chi connectivity index (χ2n) is 7.29. The molecule has 3 aliphatic rings. The third-order valence-corrected chi connectivity index (χ3v) is 5.69. The third-order valence-electron chi connectivity index (χ3n) is 5.69. The number of carboxylic acid groups (broad SMARTS) is 1. The van der Waals surface area contributed by atoms with Crippen LogP contribution in [-0.4, -0.2) is 72.3 Å².